The average molecular weight is 562 g/mol. The third kappa shape index (κ3) is 11.3. The molecule has 1 aliphatic rings. The van der Waals surface area contributed by atoms with Gasteiger partial charge >= 0.3 is 18.0 Å². The molecule has 1 aliphatic heterocycles. The summed E-state index contributed by atoms with van der Waals surface area (Å²) in [5, 5.41) is 2.67. The Hall–Kier alpha value is -3.12. The number of nitrogens with one attached hydrogen (secondary N) is 1. The minimum absolute atomic E-state index is 0.0199. The number of esters is 2. The van der Waals surface area contributed by atoms with E-state index in [-0.39, 0.29) is 25.9 Å². The predicted molar refractivity (Wildman–Crippen MR) is 146 cm³/mol. The third-order valence-corrected chi connectivity index (χ3v) is 6.29. The Kier molecular flexibility index (Phi) is 13.1. The normalized spacial score (nSPS) is 14.8. The van der Waals surface area contributed by atoms with Crippen LogP contribution in [-0.2, 0) is 27.9 Å². The molecule has 2 atom stereocenters. The van der Waals surface area contributed by atoms with E-state index in [2.05, 4.69) is 5.32 Å². The maximum atomic E-state index is 12.6. The Balaban J connectivity index is 1.45. The molecular weight excluding hydrogens is 526 g/mol. The van der Waals surface area contributed by atoms with E-state index in [0.717, 1.165) is 23.3 Å². The van der Waals surface area contributed by atoms with E-state index in [1.165, 1.54) is 12.0 Å². The van der Waals surface area contributed by atoms with Gasteiger partial charge < -0.3 is 33.2 Å². The van der Waals surface area contributed by atoms with Gasteiger partial charge in [-0.15, -0.1) is 0 Å². The molecule has 11 heteroatoms. The fourth-order valence-electron chi connectivity index (χ4n) is 3.29. The van der Waals surface area contributed by atoms with Gasteiger partial charge in [-0.3, -0.25) is 0 Å². The Morgan fingerprint density at radius 1 is 0.923 bits per heavy atom. The predicted octanol–water partition coefficient (Wildman–Crippen LogP) is 4.27. The van der Waals surface area contributed by atoms with Crippen LogP contribution in [0.3, 0.4) is 0 Å². The molecular formula is C28H35NO9S. The van der Waals surface area contributed by atoms with E-state index in [0.29, 0.717) is 37.5 Å². The number of benzene rings is 2. The highest BCUT2D eigenvalue weighted by molar-refractivity contribution is 7.94. The molecule has 1 amide bonds. The number of carbonyl (C=O) groups is 3. The number of carbonyl (C=O) groups excluding carboxylic acids is 3. The van der Waals surface area contributed by atoms with Crippen molar-refractivity contribution in [3.05, 3.63) is 59.7 Å². The van der Waals surface area contributed by atoms with Crippen LogP contribution in [0, 0.1) is 0 Å². The van der Waals surface area contributed by atoms with Crippen molar-refractivity contribution in [2.75, 3.05) is 51.9 Å². The van der Waals surface area contributed by atoms with Gasteiger partial charge in [-0.2, -0.15) is 0 Å². The Morgan fingerprint density at radius 3 is 2.10 bits per heavy atom. The lowest BCUT2D eigenvalue weighted by Crippen LogP contribution is -2.35. The summed E-state index contributed by atoms with van der Waals surface area (Å²) in [5.41, 5.74) is 2.56. The summed E-state index contributed by atoms with van der Waals surface area (Å²) < 4.78 is 31.5. The molecule has 1 N–H and O–H groups in total. The number of hydrogen-bond acceptors (Lipinski definition) is 10. The van der Waals surface area contributed by atoms with E-state index in [9.17, 15) is 14.4 Å². The molecule has 0 aliphatic carbocycles. The van der Waals surface area contributed by atoms with Crippen LogP contribution in [0.25, 0.3) is 11.1 Å². The quantitative estimate of drug-likeness (QED) is 0.0985. The smallest absolute Gasteiger partial charge is 0.407 e. The summed E-state index contributed by atoms with van der Waals surface area (Å²) in [7, 11) is 0. The molecule has 0 bridgehead atoms. The van der Waals surface area contributed by atoms with Crippen molar-refractivity contribution in [2.45, 2.75) is 32.5 Å². The first-order valence-corrected chi connectivity index (χ1v) is 13.8. The van der Waals surface area contributed by atoms with Gasteiger partial charge in [-0.1, -0.05) is 24.3 Å². The van der Waals surface area contributed by atoms with Crippen LogP contribution in [0.15, 0.2) is 48.5 Å². The van der Waals surface area contributed by atoms with E-state index < -0.39 is 24.1 Å². The Labute approximate surface area is 232 Å². The lowest BCUT2D eigenvalue weighted by molar-refractivity contribution is -0.0175. The zero-order valence-corrected chi connectivity index (χ0v) is 23.0. The third-order valence-electron chi connectivity index (χ3n) is 5.43. The van der Waals surface area contributed by atoms with Crippen molar-refractivity contribution in [2.24, 2.45) is 0 Å². The molecule has 10 nitrogen and oxygen atoms in total. The van der Waals surface area contributed by atoms with Gasteiger partial charge in [0.25, 0.3) is 0 Å². The van der Waals surface area contributed by atoms with E-state index in [1.54, 1.807) is 36.4 Å². The number of alkyl carbamates (subject to hydrolysis) is 1. The monoisotopic (exact) mass is 561 g/mol. The van der Waals surface area contributed by atoms with E-state index in [1.807, 2.05) is 26.0 Å². The van der Waals surface area contributed by atoms with Crippen LogP contribution in [0.2, 0.25) is 0 Å². The fraction of sp³-hybridized carbons (Fsp3) is 0.464. The molecule has 212 valence electrons. The number of rotatable bonds is 17. The second kappa shape index (κ2) is 16.8. The molecule has 3 rings (SSSR count). The van der Waals surface area contributed by atoms with Crippen molar-refractivity contribution in [3.8, 4) is 11.1 Å². The highest BCUT2D eigenvalue weighted by atomic mass is 32.2. The van der Waals surface area contributed by atoms with Gasteiger partial charge in [0.05, 0.1) is 30.9 Å². The zero-order valence-electron chi connectivity index (χ0n) is 22.2. The lowest BCUT2D eigenvalue weighted by atomic mass is 10.0. The molecule has 1 heterocycles. The molecule has 2 aromatic rings. The van der Waals surface area contributed by atoms with Crippen LogP contribution in [0.1, 0.15) is 41.0 Å². The van der Waals surface area contributed by atoms with Crippen molar-refractivity contribution < 1.29 is 42.3 Å². The molecule has 0 radical (unpaired) electrons. The van der Waals surface area contributed by atoms with E-state index in [4.69, 9.17) is 27.9 Å². The lowest BCUT2D eigenvalue weighted by Gasteiger charge is -2.18. The molecule has 2 aromatic carbocycles. The van der Waals surface area contributed by atoms with Gasteiger partial charge in [0.2, 0.25) is 0 Å². The van der Waals surface area contributed by atoms with Crippen molar-refractivity contribution in [1.29, 1.82) is 0 Å². The number of amides is 1. The maximum absolute atomic E-state index is 12.6. The van der Waals surface area contributed by atoms with Crippen LogP contribution in [-0.4, -0.2) is 82.2 Å². The Bertz CT molecular complexity index is 1040. The highest BCUT2D eigenvalue weighted by Gasteiger charge is 2.24. The summed E-state index contributed by atoms with van der Waals surface area (Å²) in [4.78, 5) is 36.8. The SMILES string of the molecule is CCOCC(COC(=O)c1ccc(-c2ccc(C(=O)OCC3CO3)cc2)cc1)OC(=O)NCCCSOCC. The highest BCUT2D eigenvalue weighted by Crippen LogP contribution is 2.21. The van der Waals surface area contributed by atoms with Crippen LogP contribution in [0.5, 0.6) is 0 Å². The van der Waals surface area contributed by atoms with Crippen LogP contribution < -0.4 is 5.32 Å². The summed E-state index contributed by atoms with van der Waals surface area (Å²) in [6.07, 6.45) is -0.592. The zero-order chi connectivity index (χ0) is 27.9. The standard InChI is InChI=1S/C28H35NO9S/c1-3-33-16-25(38-28(32)29-14-5-15-39-37-4-2)19-36-27(31)23-12-8-21(9-13-23)20-6-10-22(11-7-20)26(30)35-18-24-17-34-24/h6-13,24-25H,3-5,14-19H2,1-2H3,(H,29,32). The van der Waals surface area contributed by atoms with Crippen molar-refractivity contribution >= 4 is 30.1 Å². The molecule has 1 fully saturated rings. The van der Waals surface area contributed by atoms with Gasteiger partial charge in [0.1, 0.15) is 19.3 Å². The molecule has 0 spiro atoms. The minimum Gasteiger partial charge on any atom is -0.459 e. The second-order valence-corrected chi connectivity index (χ2v) is 9.38. The van der Waals surface area contributed by atoms with E-state index >= 15 is 0 Å². The van der Waals surface area contributed by atoms with Crippen LogP contribution in [0.4, 0.5) is 4.79 Å². The molecule has 39 heavy (non-hydrogen) atoms. The first-order valence-electron chi connectivity index (χ1n) is 12.9. The fourth-order valence-corrected chi connectivity index (χ4v) is 3.83. The second-order valence-electron chi connectivity index (χ2n) is 8.50. The molecule has 0 saturated carbocycles. The average Bonchev–Trinajstić information content (AvgIpc) is 3.80. The number of ether oxygens (including phenoxy) is 5. The van der Waals surface area contributed by atoms with Gasteiger partial charge in [0, 0.05) is 18.9 Å². The maximum Gasteiger partial charge on any atom is 0.407 e. The van der Waals surface area contributed by atoms with Gasteiger partial charge in [-0.25, -0.2) is 14.4 Å². The molecule has 2 unspecified atom stereocenters. The summed E-state index contributed by atoms with van der Waals surface area (Å²) >= 11 is 1.35. The first kappa shape index (κ1) is 30.4. The largest absolute Gasteiger partial charge is 0.459 e. The summed E-state index contributed by atoms with van der Waals surface area (Å²) in [5.74, 6) is -0.183. The van der Waals surface area contributed by atoms with Crippen molar-refractivity contribution in [1.82, 2.24) is 5.32 Å². The Morgan fingerprint density at radius 2 is 1.54 bits per heavy atom. The molecule has 1 saturated heterocycles. The van der Waals surface area contributed by atoms with Crippen LogP contribution >= 0.6 is 12.0 Å². The van der Waals surface area contributed by atoms with Gasteiger partial charge in [-0.05, 0) is 67.7 Å². The minimum atomic E-state index is -0.743. The number of hydrogen-bond donors (Lipinski definition) is 1. The van der Waals surface area contributed by atoms with Gasteiger partial charge in [0.15, 0.2) is 6.10 Å². The van der Waals surface area contributed by atoms with Crippen molar-refractivity contribution in [3.63, 3.8) is 0 Å². The topological polar surface area (TPSA) is 122 Å². The number of epoxide rings is 1. The summed E-state index contributed by atoms with van der Waals surface area (Å²) in [6.45, 7) is 6.10. The first-order chi connectivity index (χ1) is 19.0. The summed E-state index contributed by atoms with van der Waals surface area (Å²) in [6, 6.07) is 13.9. The molecule has 0 aromatic heterocycles.